The molecule has 0 amide bonds. The highest BCUT2D eigenvalue weighted by atomic mass is 15.1. The smallest absolute Gasteiger partial charge is 0.0159 e. The molecule has 0 spiro atoms. The van der Waals surface area contributed by atoms with Gasteiger partial charge in [0.1, 0.15) is 0 Å². The van der Waals surface area contributed by atoms with Crippen molar-refractivity contribution in [1.29, 1.82) is 0 Å². The summed E-state index contributed by atoms with van der Waals surface area (Å²) < 4.78 is 0. The Labute approximate surface area is 92.9 Å². The minimum Gasteiger partial charge on any atom is -0.365 e. The van der Waals surface area contributed by atoms with E-state index >= 15 is 0 Å². The maximum atomic E-state index is 3.42. The summed E-state index contributed by atoms with van der Waals surface area (Å²) in [5.41, 5.74) is 1.32. The minimum atomic E-state index is 0.585. The summed E-state index contributed by atoms with van der Waals surface area (Å²) in [6.07, 6.45) is 3.08. The van der Waals surface area contributed by atoms with Gasteiger partial charge >= 0.3 is 0 Å². The standard InChI is InChI=1S/C12H23N3/c1-11(2)13-8-10-15(3)9-6-12-5-4-7-14-12/h4-5,7,11,13-14H,6,8-10H2,1-3H3. The molecule has 1 aromatic heterocycles. The molecule has 2 N–H and O–H groups in total. The maximum absolute atomic E-state index is 3.42. The molecule has 1 rings (SSSR count). The average molecular weight is 209 g/mol. The number of aromatic nitrogens is 1. The third kappa shape index (κ3) is 5.60. The van der Waals surface area contributed by atoms with Gasteiger partial charge in [0.2, 0.25) is 0 Å². The first kappa shape index (κ1) is 12.3. The van der Waals surface area contributed by atoms with Crippen molar-refractivity contribution in [3.63, 3.8) is 0 Å². The van der Waals surface area contributed by atoms with E-state index in [0.717, 1.165) is 26.1 Å². The van der Waals surface area contributed by atoms with Crippen molar-refractivity contribution in [2.75, 3.05) is 26.7 Å². The van der Waals surface area contributed by atoms with E-state index in [9.17, 15) is 0 Å². The lowest BCUT2D eigenvalue weighted by atomic mass is 10.3. The van der Waals surface area contributed by atoms with Crippen molar-refractivity contribution < 1.29 is 0 Å². The van der Waals surface area contributed by atoms with Crippen LogP contribution in [0.4, 0.5) is 0 Å². The van der Waals surface area contributed by atoms with Gasteiger partial charge in [-0.3, -0.25) is 0 Å². The van der Waals surface area contributed by atoms with E-state index in [1.807, 2.05) is 6.20 Å². The Morgan fingerprint density at radius 2 is 2.20 bits per heavy atom. The number of H-pyrrole nitrogens is 1. The van der Waals surface area contributed by atoms with E-state index in [2.05, 4.69) is 48.2 Å². The topological polar surface area (TPSA) is 31.1 Å². The molecule has 1 heterocycles. The second kappa shape index (κ2) is 6.64. The lowest BCUT2D eigenvalue weighted by molar-refractivity contribution is 0.330. The zero-order valence-corrected chi connectivity index (χ0v) is 10.1. The Morgan fingerprint density at radius 1 is 1.40 bits per heavy atom. The Hall–Kier alpha value is -0.800. The van der Waals surface area contributed by atoms with Crippen LogP contribution >= 0.6 is 0 Å². The number of likely N-dealkylation sites (N-methyl/N-ethyl adjacent to an activating group) is 1. The molecule has 86 valence electrons. The van der Waals surface area contributed by atoms with Crippen molar-refractivity contribution in [2.45, 2.75) is 26.3 Å². The lowest BCUT2D eigenvalue weighted by Gasteiger charge is -2.17. The highest BCUT2D eigenvalue weighted by Gasteiger charge is 2.00. The van der Waals surface area contributed by atoms with Gasteiger partial charge in [0.25, 0.3) is 0 Å². The van der Waals surface area contributed by atoms with Crippen molar-refractivity contribution >= 4 is 0 Å². The van der Waals surface area contributed by atoms with E-state index < -0.39 is 0 Å². The largest absolute Gasteiger partial charge is 0.365 e. The fraction of sp³-hybridized carbons (Fsp3) is 0.667. The van der Waals surface area contributed by atoms with Gasteiger partial charge in [-0.15, -0.1) is 0 Å². The van der Waals surface area contributed by atoms with Crippen molar-refractivity contribution in [2.24, 2.45) is 0 Å². The monoisotopic (exact) mass is 209 g/mol. The molecule has 0 atom stereocenters. The van der Waals surface area contributed by atoms with Gasteiger partial charge in [0, 0.05) is 44.0 Å². The predicted octanol–water partition coefficient (Wildman–Crippen LogP) is 1.49. The molecule has 0 saturated carbocycles. The van der Waals surface area contributed by atoms with Crippen LogP contribution in [0.1, 0.15) is 19.5 Å². The fourth-order valence-corrected chi connectivity index (χ4v) is 1.49. The van der Waals surface area contributed by atoms with Crippen LogP contribution in [-0.4, -0.2) is 42.6 Å². The van der Waals surface area contributed by atoms with E-state index in [4.69, 9.17) is 0 Å². The summed E-state index contributed by atoms with van der Waals surface area (Å²) in [6.45, 7) is 7.65. The van der Waals surface area contributed by atoms with Gasteiger partial charge in [0.05, 0.1) is 0 Å². The van der Waals surface area contributed by atoms with Crippen LogP contribution in [0.15, 0.2) is 18.3 Å². The molecule has 0 radical (unpaired) electrons. The molecule has 1 aromatic rings. The molecule has 0 aromatic carbocycles. The summed E-state index contributed by atoms with van der Waals surface area (Å²) in [4.78, 5) is 5.58. The van der Waals surface area contributed by atoms with Gasteiger partial charge < -0.3 is 15.2 Å². The van der Waals surface area contributed by atoms with Gasteiger partial charge in [0.15, 0.2) is 0 Å². The number of hydrogen-bond acceptors (Lipinski definition) is 2. The molecule has 3 nitrogen and oxygen atoms in total. The first-order valence-corrected chi connectivity index (χ1v) is 5.72. The normalized spacial score (nSPS) is 11.5. The zero-order valence-electron chi connectivity index (χ0n) is 10.1. The predicted molar refractivity (Wildman–Crippen MR) is 65.1 cm³/mol. The van der Waals surface area contributed by atoms with Gasteiger partial charge in [-0.05, 0) is 19.2 Å². The summed E-state index contributed by atoms with van der Waals surface area (Å²) >= 11 is 0. The maximum Gasteiger partial charge on any atom is 0.0159 e. The number of aromatic amines is 1. The molecular formula is C12H23N3. The van der Waals surface area contributed by atoms with Crippen LogP contribution in [0.25, 0.3) is 0 Å². The Balaban J connectivity index is 2.06. The summed E-state index contributed by atoms with van der Waals surface area (Å²) in [5, 5.41) is 3.42. The molecule has 0 aliphatic heterocycles. The second-order valence-corrected chi connectivity index (χ2v) is 4.36. The summed E-state index contributed by atoms with van der Waals surface area (Å²) in [6, 6.07) is 4.78. The Kier molecular flexibility index (Phi) is 5.43. The van der Waals surface area contributed by atoms with E-state index in [0.29, 0.717) is 6.04 Å². The van der Waals surface area contributed by atoms with Gasteiger partial charge in [-0.1, -0.05) is 13.8 Å². The molecule has 0 unspecified atom stereocenters. The SMILES string of the molecule is CC(C)NCCN(C)CCc1ccc[nH]1. The van der Waals surface area contributed by atoms with Crippen LogP contribution in [0.5, 0.6) is 0 Å². The van der Waals surface area contributed by atoms with E-state index in [-0.39, 0.29) is 0 Å². The van der Waals surface area contributed by atoms with Crippen molar-refractivity contribution in [3.05, 3.63) is 24.0 Å². The molecule has 0 aliphatic rings. The van der Waals surface area contributed by atoms with Crippen molar-refractivity contribution in [1.82, 2.24) is 15.2 Å². The van der Waals surface area contributed by atoms with Crippen molar-refractivity contribution in [3.8, 4) is 0 Å². The quantitative estimate of drug-likeness (QED) is 0.713. The van der Waals surface area contributed by atoms with Gasteiger partial charge in [-0.2, -0.15) is 0 Å². The van der Waals surface area contributed by atoms with E-state index in [1.165, 1.54) is 5.69 Å². The zero-order chi connectivity index (χ0) is 11.1. The lowest BCUT2D eigenvalue weighted by Crippen LogP contribution is -2.33. The molecule has 0 fully saturated rings. The molecular weight excluding hydrogens is 186 g/mol. The van der Waals surface area contributed by atoms with Crippen LogP contribution in [0.3, 0.4) is 0 Å². The number of rotatable bonds is 7. The number of nitrogens with one attached hydrogen (secondary N) is 2. The molecule has 0 saturated heterocycles. The summed E-state index contributed by atoms with van der Waals surface area (Å²) in [5.74, 6) is 0. The third-order valence-corrected chi connectivity index (χ3v) is 2.47. The highest BCUT2D eigenvalue weighted by Crippen LogP contribution is 1.96. The molecule has 15 heavy (non-hydrogen) atoms. The number of nitrogens with zero attached hydrogens (tertiary/aromatic N) is 1. The number of hydrogen-bond donors (Lipinski definition) is 2. The summed E-state index contributed by atoms with van der Waals surface area (Å²) in [7, 11) is 2.17. The first-order chi connectivity index (χ1) is 7.18. The van der Waals surface area contributed by atoms with Crippen LogP contribution < -0.4 is 5.32 Å². The molecule has 3 heteroatoms. The fourth-order valence-electron chi connectivity index (χ4n) is 1.49. The molecule has 0 bridgehead atoms. The Bertz CT molecular complexity index is 241. The third-order valence-electron chi connectivity index (χ3n) is 2.47. The van der Waals surface area contributed by atoms with Crippen LogP contribution in [0.2, 0.25) is 0 Å². The first-order valence-electron chi connectivity index (χ1n) is 5.72. The highest BCUT2D eigenvalue weighted by molar-refractivity contribution is 5.03. The molecule has 0 aliphatic carbocycles. The van der Waals surface area contributed by atoms with Gasteiger partial charge in [-0.25, -0.2) is 0 Å². The van der Waals surface area contributed by atoms with Crippen LogP contribution in [-0.2, 0) is 6.42 Å². The second-order valence-electron chi connectivity index (χ2n) is 4.36. The van der Waals surface area contributed by atoms with E-state index in [1.54, 1.807) is 0 Å². The van der Waals surface area contributed by atoms with Crippen LogP contribution in [0, 0.1) is 0 Å². The Morgan fingerprint density at radius 3 is 2.80 bits per heavy atom. The minimum absolute atomic E-state index is 0.585. The average Bonchev–Trinajstić information content (AvgIpc) is 2.66.